The van der Waals surface area contributed by atoms with Gasteiger partial charge in [0.2, 0.25) is 0 Å². The van der Waals surface area contributed by atoms with E-state index in [1.807, 2.05) is 54.7 Å². The molecule has 1 atom stereocenters. The summed E-state index contributed by atoms with van der Waals surface area (Å²) < 4.78 is 11.1. The largest absolute Gasteiger partial charge is 0.494 e. The predicted molar refractivity (Wildman–Crippen MR) is 148 cm³/mol. The van der Waals surface area contributed by atoms with E-state index in [0.29, 0.717) is 12.5 Å². The molecule has 0 aliphatic heterocycles. The molecule has 35 heavy (non-hydrogen) atoms. The number of esters is 1. The fraction of sp³-hybridized carbons (Fsp3) is 0.484. The third kappa shape index (κ3) is 13.0. The topological polar surface area (TPSA) is 47.9 Å². The molecule has 0 aliphatic carbocycles. The first-order valence-corrected chi connectivity index (χ1v) is 13.3. The minimum atomic E-state index is -0.308. The van der Waals surface area contributed by atoms with E-state index < -0.39 is 0 Å². The first kappa shape index (κ1) is 28.4. The molecule has 0 radical (unpaired) electrons. The highest BCUT2D eigenvalue weighted by Crippen LogP contribution is 2.16. The first-order valence-electron chi connectivity index (χ1n) is 13.3. The Labute approximate surface area is 212 Å². The molecule has 2 aromatic carbocycles. The lowest BCUT2D eigenvalue weighted by atomic mass is 10.1. The number of nitrogens with zero attached hydrogens (tertiary/aromatic N) is 1. The van der Waals surface area contributed by atoms with E-state index in [1.165, 1.54) is 51.0 Å². The number of ether oxygens (including phenoxy) is 2. The lowest BCUT2D eigenvalue weighted by molar-refractivity contribution is -0.138. The molecule has 0 aliphatic rings. The summed E-state index contributed by atoms with van der Waals surface area (Å²) in [5, 5.41) is 0. The average molecular weight is 478 g/mol. The zero-order valence-electron chi connectivity index (χ0n) is 21.9. The molecule has 190 valence electrons. The Morgan fingerprint density at radius 1 is 0.857 bits per heavy atom. The van der Waals surface area contributed by atoms with Crippen LogP contribution in [0.4, 0.5) is 5.69 Å². The molecule has 0 N–H and O–H groups in total. The Bertz CT molecular complexity index is 884. The normalized spacial score (nSPS) is 12.3. The van der Waals surface area contributed by atoms with Crippen LogP contribution in [0.5, 0.6) is 5.75 Å². The minimum Gasteiger partial charge on any atom is -0.494 e. The maximum absolute atomic E-state index is 11.8. The van der Waals surface area contributed by atoms with Gasteiger partial charge in [-0.15, -0.1) is 0 Å². The zero-order chi connectivity index (χ0) is 25.1. The summed E-state index contributed by atoms with van der Waals surface area (Å²) in [5.41, 5.74) is 2.82. The van der Waals surface area contributed by atoms with Gasteiger partial charge in [0.15, 0.2) is 0 Å². The van der Waals surface area contributed by atoms with Crippen molar-refractivity contribution in [2.24, 2.45) is 10.9 Å². The van der Waals surface area contributed by atoms with Gasteiger partial charge in [-0.05, 0) is 65.9 Å². The number of hydrogen-bond donors (Lipinski definition) is 0. The van der Waals surface area contributed by atoms with Gasteiger partial charge in [0.1, 0.15) is 5.75 Å². The van der Waals surface area contributed by atoms with Crippen LogP contribution in [0.3, 0.4) is 0 Å². The van der Waals surface area contributed by atoms with Crippen LogP contribution in [-0.2, 0) is 9.53 Å². The molecule has 0 bridgehead atoms. The van der Waals surface area contributed by atoms with Gasteiger partial charge < -0.3 is 9.47 Å². The van der Waals surface area contributed by atoms with E-state index in [1.54, 1.807) is 6.08 Å². The maximum atomic E-state index is 11.8. The van der Waals surface area contributed by atoms with Crippen LogP contribution >= 0.6 is 0 Å². The van der Waals surface area contributed by atoms with Gasteiger partial charge in [0.05, 0.1) is 18.9 Å². The van der Waals surface area contributed by atoms with E-state index in [-0.39, 0.29) is 5.97 Å². The molecule has 0 saturated carbocycles. The summed E-state index contributed by atoms with van der Waals surface area (Å²) >= 11 is 0. The van der Waals surface area contributed by atoms with Crippen molar-refractivity contribution in [1.29, 1.82) is 0 Å². The van der Waals surface area contributed by atoms with Crippen molar-refractivity contribution >= 4 is 23.9 Å². The van der Waals surface area contributed by atoms with Crippen molar-refractivity contribution in [2.45, 2.75) is 78.6 Å². The summed E-state index contributed by atoms with van der Waals surface area (Å²) in [5.74, 6) is 0.981. The van der Waals surface area contributed by atoms with Gasteiger partial charge in [-0.3, -0.25) is 4.99 Å². The van der Waals surface area contributed by atoms with Crippen LogP contribution in [-0.4, -0.2) is 25.4 Å². The fourth-order valence-corrected chi connectivity index (χ4v) is 3.45. The molecule has 0 fully saturated rings. The third-order valence-corrected chi connectivity index (χ3v) is 6.02. The molecular weight excluding hydrogens is 434 g/mol. The Kier molecular flexibility index (Phi) is 14.2. The summed E-state index contributed by atoms with van der Waals surface area (Å²) in [6.45, 7) is 7.64. The molecule has 0 aromatic heterocycles. The Morgan fingerprint density at radius 2 is 1.49 bits per heavy atom. The van der Waals surface area contributed by atoms with E-state index in [0.717, 1.165) is 42.0 Å². The Morgan fingerprint density at radius 3 is 2.14 bits per heavy atom. The van der Waals surface area contributed by atoms with Gasteiger partial charge in [-0.1, -0.05) is 84.3 Å². The second-order valence-electron chi connectivity index (χ2n) is 9.22. The van der Waals surface area contributed by atoms with Gasteiger partial charge in [0.25, 0.3) is 0 Å². The molecular formula is C31H43NO3. The predicted octanol–water partition coefficient (Wildman–Crippen LogP) is 8.56. The average Bonchev–Trinajstić information content (AvgIpc) is 2.89. The minimum absolute atomic E-state index is 0.308. The highest BCUT2D eigenvalue weighted by molar-refractivity contribution is 5.87. The van der Waals surface area contributed by atoms with Gasteiger partial charge >= 0.3 is 5.97 Å². The molecule has 0 amide bonds. The van der Waals surface area contributed by atoms with Gasteiger partial charge in [-0.2, -0.15) is 0 Å². The van der Waals surface area contributed by atoms with Crippen molar-refractivity contribution in [1.82, 2.24) is 0 Å². The van der Waals surface area contributed by atoms with Crippen molar-refractivity contribution in [3.63, 3.8) is 0 Å². The van der Waals surface area contributed by atoms with E-state index >= 15 is 0 Å². The van der Waals surface area contributed by atoms with Crippen LogP contribution < -0.4 is 4.74 Å². The van der Waals surface area contributed by atoms with Crippen molar-refractivity contribution in [3.05, 3.63) is 65.7 Å². The summed E-state index contributed by atoms with van der Waals surface area (Å²) in [6, 6.07) is 15.8. The van der Waals surface area contributed by atoms with Crippen LogP contribution in [0.1, 0.15) is 89.7 Å². The first-order chi connectivity index (χ1) is 17.1. The summed E-state index contributed by atoms with van der Waals surface area (Å²) in [4.78, 5) is 16.3. The molecule has 4 nitrogen and oxygen atoms in total. The highest BCUT2D eigenvalue weighted by Gasteiger charge is 2.02. The number of unbranched alkanes of at least 4 members (excludes halogenated alkanes) is 7. The zero-order valence-corrected chi connectivity index (χ0v) is 21.9. The monoisotopic (exact) mass is 477 g/mol. The lowest BCUT2D eigenvalue weighted by Crippen LogP contribution is -2.08. The molecule has 2 aromatic rings. The molecule has 0 spiro atoms. The second kappa shape index (κ2) is 17.5. The lowest BCUT2D eigenvalue weighted by Gasteiger charge is -2.07. The van der Waals surface area contributed by atoms with Crippen LogP contribution in [0.25, 0.3) is 6.08 Å². The summed E-state index contributed by atoms with van der Waals surface area (Å²) in [6.07, 6.45) is 16.5. The highest BCUT2D eigenvalue weighted by atomic mass is 16.5. The summed E-state index contributed by atoms with van der Waals surface area (Å²) in [7, 11) is 0. The Hall–Kier alpha value is -2.88. The Balaban J connectivity index is 1.69. The van der Waals surface area contributed by atoms with Crippen molar-refractivity contribution in [3.8, 4) is 5.75 Å². The van der Waals surface area contributed by atoms with E-state index in [4.69, 9.17) is 9.47 Å². The van der Waals surface area contributed by atoms with Gasteiger partial charge in [0, 0.05) is 12.3 Å². The van der Waals surface area contributed by atoms with Crippen molar-refractivity contribution in [2.75, 3.05) is 13.2 Å². The van der Waals surface area contributed by atoms with Gasteiger partial charge in [-0.25, -0.2) is 4.79 Å². The number of hydrogen-bond acceptors (Lipinski definition) is 4. The number of carbonyl (C=O) groups is 1. The van der Waals surface area contributed by atoms with Crippen LogP contribution in [0.15, 0.2) is 59.6 Å². The molecule has 2 rings (SSSR count). The number of carbonyl (C=O) groups excluding carboxylic acids is 1. The van der Waals surface area contributed by atoms with Crippen molar-refractivity contribution < 1.29 is 14.3 Å². The van der Waals surface area contributed by atoms with E-state index in [9.17, 15) is 4.79 Å². The number of rotatable bonds is 17. The maximum Gasteiger partial charge on any atom is 0.330 e. The van der Waals surface area contributed by atoms with Crippen LogP contribution in [0, 0.1) is 5.92 Å². The number of benzene rings is 2. The smallest absolute Gasteiger partial charge is 0.330 e. The van der Waals surface area contributed by atoms with Crippen LogP contribution in [0.2, 0.25) is 0 Å². The molecule has 0 saturated heterocycles. The molecule has 1 unspecified atom stereocenters. The standard InChI is InChI=1S/C31H43NO3/c1-4-6-7-8-9-10-11-12-23-34-30-20-15-28(16-21-30)24-32-29-18-13-27(14-19-29)17-22-31(33)35-25-26(3)5-2/h13-22,24,26H,4-12,23,25H2,1-3H3/b22-17+,32-24?. The fourth-order valence-electron chi connectivity index (χ4n) is 3.45. The molecule has 0 heterocycles. The second-order valence-corrected chi connectivity index (χ2v) is 9.22. The third-order valence-electron chi connectivity index (χ3n) is 6.02. The quantitative estimate of drug-likeness (QED) is 0.0992. The SMILES string of the molecule is CCCCCCCCCCOc1ccc(C=Nc2ccc(/C=C/C(=O)OCC(C)CC)cc2)cc1. The number of aliphatic imine (C=N–C) groups is 1. The van der Waals surface area contributed by atoms with E-state index in [2.05, 4.69) is 25.8 Å². The molecule has 4 heteroatoms.